The van der Waals surface area contributed by atoms with Crippen LogP contribution < -0.4 is 0 Å². The minimum Gasteiger partial charge on any atom is -0.380 e. The summed E-state index contributed by atoms with van der Waals surface area (Å²) in [7, 11) is 2.10. The lowest BCUT2D eigenvalue weighted by atomic mass is 10.2. The third-order valence-corrected chi connectivity index (χ3v) is 3.83. The summed E-state index contributed by atoms with van der Waals surface area (Å²) >= 11 is 0. The molecular formula is C13H22N4O. The highest BCUT2D eigenvalue weighted by Crippen LogP contribution is 2.38. The van der Waals surface area contributed by atoms with Gasteiger partial charge in [-0.25, -0.2) is 0 Å². The quantitative estimate of drug-likeness (QED) is 0.807. The van der Waals surface area contributed by atoms with Crippen molar-refractivity contribution in [3.63, 3.8) is 0 Å². The molecule has 1 atom stereocenters. The molecule has 0 amide bonds. The van der Waals surface area contributed by atoms with Gasteiger partial charge in [0, 0.05) is 26.1 Å². The van der Waals surface area contributed by atoms with Gasteiger partial charge < -0.3 is 9.30 Å². The Labute approximate surface area is 108 Å². The molecule has 1 saturated carbocycles. The molecule has 5 heteroatoms. The molecule has 3 rings (SSSR count). The van der Waals surface area contributed by atoms with Gasteiger partial charge in [0.2, 0.25) is 0 Å². The van der Waals surface area contributed by atoms with Crippen molar-refractivity contribution < 1.29 is 4.74 Å². The molecule has 0 bridgehead atoms. The molecule has 1 aliphatic heterocycles. The molecule has 2 fully saturated rings. The second-order valence-corrected chi connectivity index (χ2v) is 5.72. The van der Waals surface area contributed by atoms with Crippen LogP contribution in [0.5, 0.6) is 0 Å². The topological polar surface area (TPSA) is 43.2 Å². The Morgan fingerprint density at radius 2 is 2.17 bits per heavy atom. The van der Waals surface area contributed by atoms with E-state index in [1.807, 2.05) is 0 Å². The minimum atomic E-state index is 0.601. The fourth-order valence-electron chi connectivity index (χ4n) is 2.62. The van der Waals surface area contributed by atoms with Gasteiger partial charge in [-0.3, -0.25) is 4.90 Å². The number of hydrogen-bond donors (Lipinski definition) is 0. The zero-order valence-corrected chi connectivity index (χ0v) is 11.3. The summed E-state index contributed by atoms with van der Waals surface area (Å²) in [5.41, 5.74) is 0. The Bertz CT molecular complexity index is 413. The van der Waals surface area contributed by atoms with E-state index in [1.165, 1.54) is 18.7 Å². The summed E-state index contributed by atoms with van der Waals surface area (Å²) in [6.07, 6.45) is 2.56. The first-order valence-electron chi connectivity index (χ1n) is 6.92. The van der Waals surface area contributed by atoms with Crippen molar-refractivity contribution in [2.24, 2.45) is 13.0 Å². The molecule has 0 aromatic carbocycles. The highest BCUT2D eigenvalue weighted by Gasteiger charge is 2.29. The summed E-state index contributed by atoms with van der Waals surface area (Å²) in [4.78, 5) is 2.43. The predicted octanol–water partition coefficient (Wildman–Crippen LogP) is 1.16. The van der Waals surface area contributed by atoms with Crippen molar-refractivity contribution in [2.75, 3.05) is 26.3 Å². The summed E-state index contributed by atoms with van der Waals surface area (Å²) in [6.45, 7) is 6.93. The lowest BCUT2D eigenvalue weighted by Crippen LogP contribution is -2.29. The monoisotopic (exact) mass is 250 g/mol. The number of aromatic nitrogens is 3. The van der Waals surface area contributed by atoms with Crippen LogP contribution in [0.4, 0.5) is 0 Å². The standard InChI is InChI=1S/C13H22N4O/c1-10-7-17(5-6-18-9-10)8-12-14-15-13(16(12)2)11-3-4-11/h10-11H,3-9H2,1-2H3. The second-order valence-electron chi connectivity index (χ2n) is 5.72. The van der Waals surface area contributed by atoms with Crippen molar-refractivity contribution in [1.82, 2.24) is 19.7 Å². The molecule has 2 heterocycles. The van der Waals surface area contributed by atoms with Crippen LogP contribution in [0.1, 0.15) is 37.3 Å². The van der Waals surface area contributed by atoms with Crippen LogP contribution in [0.15, 0.2) is 0 Å². The number of nitrogens with zero attached hydrogens (tertiary/aromatic N) is 4. The molecular weight excluding hydrogens is 228 g/mol. The Morgan fingerprint density at radius 1 is 1.33 bits per heavy atom. The third-order valence-electron chi connectivity index (χ3n) is 3.83. The molecule has 0 spiro atoms. The molecule has 100 valence electrons. The van der Waals surface area contributed by atoms with Crippen LogP contribution in [0.2, 0.25) is 0 Å². The van der Waals surface area contributed by atoms with Gasteiger partial charge >= 0.3 is 0 Å². The second kappa shape index (κ2) is 4.97. The Balaban J connectivity index is 1.67. The van der Waals surface area contributed by atoms with E-state index in [4.69, 9.17) is 4.74 Å². The summed E-state index contributed by atoms with van der Waals surface area (Å²) in [5.74, 6) is 3.53. The van der Waals surface area contributed by atoms with E-state index < -0.39 is 0 Å². The van der Waals surface area contributed by atoms with E-state index in [-0.39, 0.29) is 0 Å². The molecule has 1 unspecified atom stereocenters. The molecule has 0 radical (unpaired) electrons. The average molecular weight is 250 g/mol. The van der Waals surface area contributed by atoms with Gasteiger partial charge in [-0.1, -0.05) is 6.92 Å². The molecule has 18 heavy (non-hydrogen) atoms. The smallest absolute Gasteiger partial charge is 0.146 e. The van der Waals surface area contributed by atoms with Gasteiger partial charge in [0.25, 0.3) is 0 Å². The number of rotatable bonds is 3. The van der Waals surface area contributed by atoms with Crippen LogP contribution in [0, 0.1) is 5.92 Å². The van der Waals surface area contributed by atoms with Crippen LogP contribution in [-0.2, 0) is 18.3 Å². The molecule has 2 aliphatic rings. The van der Waals surface area contributed by atoms with Gasteiger partial charge in [-0.2, -0.15) is 0 Å². The largest absolute Gasteiger partial charge is 0.380 e. The van der Waals surface area contributed by atoms with Gasteiger partial charge in [0.15, 0.2) is 0 Å². The summed E-state index contributed by atoms with van der Waals surface area (Å²) < 4.78 is 7.76. The van der Waals surface area contributed by atoms with Crippen LogP contribution in [0.3, 0.4) is 0 Å². The minimum absolute atomic E-state index is 0.601. The van der Waals surface area contributed by atoms with Crippen molar-refractivity contribution in [3.8, 4) is 0 Å². The van der Waals surface area contributed by atoms with Gasteiger partial charge in [0.1, 0.15) is 11.6 Å². The normalized spacial score (nSPS) is 26.2. The van der Waals surface area contributed by atoms with Crippen LogP contribution >= 0.6 is 0 Å². The molecule has 1 aromatic rings. The Kier molecular flexibility index (Phi) is 3.35. The number of hydrogen-bond acceptors (Lipinski definition) is 4. The van der Waals surface area contributed by atoms with E-state index in [1.54, 1.807) is 0 Å². The molecule has 1 saturated heterocycles. The summed E-state index contributed by atoms with van der Waals surface area (Å²) in [6, 6.07) is 0. The Hall–Kier alpha value is -0.940. The highest BCUT2D eigenvalue weighted by molar-refractivity contribution is 5.07. The van der Waals surface area contributed by atoms with Crippen molar-refractivity contribution >= 4 is 0 Å². The predicted molar refractivity (Wildman–Crippen MR) is 68.2 cm³/mol. The Morgan fingerprint density at radius 3 is 2.94 bits per heavy atom. The van der Waals surface area contributed by atoms with Crippen molar-refractivity contribution in [1.29, 1.82) is 0 Å². The first-order valence-corrected chi connectivity index (χ1v) is 6.92. The van der Waals surface area contributed by atoms with E-state index in [2.05, 4.69) is 33.6 Å². The zero-order valence-electron chi connectivity index (χ0n) is 11.3. The maximum Gasteiger partial charge on any atom is 0.146 e. The lowest BCUT2D eigenvalue weighted by molar-refractivity contribution is 0.125. The van der Waals surface area contributed by atoms with E-state index in [0.29, 0.717) is 11.8 Å². The maximum atomic E-state index is 5.57. The SMILES string of the molecule is CC1COCCN(Cc2nnc(C3CC3)n2C)C1. The van der Waals surface area contributed by atoms with Crippen molar-refractivity contribution in [3.05, 3.63) is 11.6 Å². The molecule has 5 nitrogen and oxygen atoms in total. The van der Waals surface area contributed by atoms with Gasteiger partial charge in [0.05, 0.1) is 19.8 Å². The van der Waals surface area contributed by atoms with E-state index in [0.717, 1.165) is 38.7 Å². The highest BCUT2D eigenvalue weighted by atomic mass is 16.5. The first kappa shape index (κ1) is 12.1. The molecule has 1 aromatic heterocycles. The van der Waals surface area contributed by atoms with Gasteiger partial charge in [-0.15, -0.1) is 10.2 Å². The maximum absolute atomic E-state index is 5.57. The number of ether oxygens (including phenoxy) is 1. The third kappa shape index (κ3) is 2.57. The van der Waals surface area contributed by atoms with Crippen LogP contribution in [-0.4, -0.2) is 46.0 Å². The molecule has 1 aliphatic carbocycles. The van der Waals surface area contributed by atoms with E-state index in [9.17, 15) is 0 Å². The lowest BCUT2D eigenvalue weighted by Gasteiger charge is -2.20. The summed E-state index contributed by atoms with van der Waals surface area (Å²) in [5, 5.41) is 8.70. The zero-order chi connectivity index (χ0) is 12.5. The fraction of sp³-hybridized carbons (Fsp3) is 0.846. The van der Waals surface area contributed by atoms with Crippen molar-refractivity contribution in [2.45, 2.75) is 32.2 Å². The first-order chi connectivity index (χ1) is 8.74. The van der Waals surface area contributed by atoms with Gasteiger partial charge in [-0.05, 0) is 18.8 Å². The fourth-order valence-corrected chi connectivity index (χ4v) is 2.62. The van der Waals surface area contributed by atoms with E-state index >= 15 is 0 Å². The average Bonchev–Trinajstić information content (AvgIpc) is 3.13. The van der Waals surface area contributed by atoms with Crippen LogP contribution in [0.25, 0.3) is 0 Å². The molecule has 0 N–H and O–H groups in total.